The Morgan fingerprint density at radius 2 is 0.595 bits per heavy atom. The molecule has 0 N–H and O–H groups in total. The minimum Gasteiger partial charge on any atom is -0.465 e. The number of methoxy groups -OCH3 is 4. The van der Waals surface area contributed by atoms with Gasteiger partial charge in [-0.2, -0.15) is 0 Å². The lowest BCUT2D eigenvalue weighted by Crippen LogP contribution is -2.13. The first-order chi connectivity index (χ1) is 19.8. The zero-order valence-electron chi connectivity index (χ0n) is 25.6. The van der Waals surface area contributed by atoms with Gasteiger partial charge < -0.3 is 18.9 Å². The average molecular weight is 571 g/mol. The average Bonchev–Trinajstić information content (AvgIpc) is 3.42. The summed E-state index contributed by atoms with van der Waals surface area (Å²) in [5, 5.41) is 0. The van der Waals surface area contributed by atoms with Crippen molar-refractivity contribution in [2.24, 2.45) is 0 Å². The van der Waals surface area contributed by atoms with Crippen LogP contribution < -0.4 is 0 Å². The van der Waals surface area contributed by atoms with E-state index in [4.69, 9.17) is 18.9 Å². The van der Waals surface area contributed by atoms with Gasteiger partial charge in [0, 0.05) is 22.3 Å². The zero-order valence-corrected chi connectivity index (χ0v) is 25.6. The maximum Gasteiger partial charge on any atom is 0.339 e. The van der Waals surface area contributed by atoms with E-state index in [0.717, 1.165) is 22.3 Å². The molecule has 0 saturated carbocycles. The summed E-state index contributed by atoms with van der Waals surface area (Å²) in [6, 6.07) is 7.70. The van der Waals surface area contributed by atoms with Crippen molar-refractivity contribution in [2.75, 3.05) is 28.4 Å². The molecule has 4 rings (SSSR count). The third kappa shape index (κ3) is 4.57. The van der Waals surface area contributed by atoms with Gasteiger partial charge in [-0.15, -0.1) is 0 Å². The fraction of sp³-hybridized carbons (Fsp3) is 0.294. The van der Waals surface area contributed by atoms with Crippen LogP contribution >= 0.6 is 0 Å². The molecule has 0 aromatic carbocycles. The van der Waals surface area contributed by atoms with Gasteiger partial charge in [-0.05, 0) is 74.9 Å². The molecule has 8 nitrogen and oxygen atoms in total. The van der Waals surface area contributed by atoms with Gasteiger partial charge in [-0.3, -0.25) is 0 Å². The van der Waals surface area contributed by atoms with Crippen molar-refractivity contribution in [1.29, 1.82) is 0 Å². The number of fused-ring (bicyclic) bond motifs is 2. The summed E-state index contributed by atoms with van der Waals surface area (Å²) in [5.74, 6) is -3.07. The fourth-order valence-electron chi connectivity index (χ4n) is 6.29. The van der Waals surface area contributed by atoms with Gasteiger partial charge in [0.1, 0.15) is 0 Å². The summed E-state index contributed by atoms with van der Waals surface area (Å²) in [4.78, 5) is 54.4. The van der Waals surface area contributed by atoms with Crippen molar-refractivity contribution in [1.82, 2.24) is 0 Å². The van der Waals surface area contributed by atoms with Crippen LogP contribution in [0.5, 0.6) is 0 Å². The van der Waals surface area contributed by atoms with Crippen LogP contribution in [0.3, 0.4) is 0 Å². The standard InChI is InChI=1S/C34H34O8/c1-15-11-17(3)21-23(19(5)13-15)27(31(35)39-7)29(33(37)41-9)25(21)26-22-18(4)12-16(2)14-20(6)24(22)28(32(36)40-8)30(26)34(38)42-10/h11-14H,1-10H3. The smallest absolute Gasteiger partial charge is 0.339 e. The minimum atomic E-state index is -0.796. The Morgan fingerprint density at radius 3 is 0.833 bits per heavy atom. The van der Waals surface area contributed by atoms with Gasteiger partial charge in [0.15, 0.2) is 0 Å². The molecular formula is C34H34O8. The number of hydrogen-bond acceptors (Lipinski definition) is 8. The largest absolute Gasteiger partial charge is 0.465 e. The predicted molar refractivity (Wildman–Crippen MR) is 159 cm³/mol. The molecule has 8 heteroatoms. The van der Waals surface area contributed by atoms with Crippen molar-refractivity contribution in [3.63, 3.8) is 0 Å². The van der Waals surface area contributed by atoms with Gasteiger partial charge in [0.2, 0.25) is 0 Å². The molecule has 0 unspecified atom stereocenters. The molecule has 0 aliphatic heterocycles. The first-order valence-electron chi connectivity index (χ1n) is 13.3. The highest BCUT2D eigenvalue weighted by atomic mass is 16.5. The molecule has 0 saturated heterocycles. The summed E-state index contributed by atoms with van der Waals surface area (Å²) >= 11 is 0. The molecule has 0 bridgehead atoms. The first kappa shape index (κ1) is 30.2. The van der Waals surface area contributed by atoms with Crippen LogP contribution in [0.4, 0.5) is 0 Å². The summed E-state index contributed by atoms with van der Waals surface area (Å²) in [7, 11) is 4.92. The lowest BCUT2D eigenvalue weighted by Gasteiger charge is -2.13. The minimum absolute atomic E-state index is 0.0150. The van der Waals surface area contributed by atoms with E-state index in [9.17, 15) is 19.2 Å². The van der Waals surface area contributed by atoms with Crippen LogP contribution in [0.25, 0.3) is 33.4 Å². The topological polar surface area (TPSA) is 105 Å². The Hall–Kier alpha value is -4.72. The Labute approximate surface area is 245 Å². The van der Waals surface area contributed by atoms with Crippen molar-refractivity contribution in [2.45, 2.75) is 41.5 Å². The van der Waals surface area contributed by atoms with E-state index in [-0.39, 0.29) is 33.4 Å². The quantitative estimate of drug-likeness (QED) is 0.196. The van der Waals surface area contributed by atoms with E-state index < -0.39 is 23.9 Å². The second-order valence-electron chi connectivity index (χ2n) is 10.5. The molecular weight excluding hydrogens is 536 g/mol. The van der Waals surface area contributed by atoms with Crippen molar-refractivity contribution in [3.05, 3.63) is 79.9 Å². The van der Waals surface area contributed by atoms with Crippen LogP contribution in [0, 0.1) is 41.5 Å². The van der Waals surface area contributed by atoms with Gasteiger partial charge in [-0.1, -0.05) is 35.4 Å². The Bertz CT molecular complexity index is 1620. The van der Waals surface area contributed by atoms with Crippen LogP contribution in [-0.4, -0.2) is 52.3 Å². The van der Waals surface area contributed by atoms with Crippen LogP contribution in [0.1, 0.15) is 74.8 Å². The molecule has 0 radical (unpaired) electrons. The van der Waals surface area contributed by atoms with Gasteiger partial charge in [0.25, 0.3) is 0 Å². The number of esters is 4. The van der Waals surface area contributed by atoms with E-state index in [1.54, 1.807) is 0 Å². The van der Waals surface area contributed by atoms with Crippen molar-refractivity contribution < 1.29 is 38.1 Å². The molecule has 0 aromatic heterocycles. The second-order valence-corrected chi connectivity index (χ2v) is 10.5. The lowest BCUT2D eigenvalue weighted by molar-refractivity contribution is 0.0556. The third-order valence-corrected chi connectivity index (χ3v) is 7.66. The highest BCUT2D eigenvalue weighted by Crippen LogP contribution is 2.54. The molecule has 4 aliphatic carbocycles. The van der Waals surface area contributed by atoms with Gasteiger partial charge in [-0.25, -0.2) is 19.2 Å². The molecule has 4 aliphatic rings. The maximum atomic E-state index is 13.7. The number of hydrogen-bond donors (Lipinski definition) is 0. The first-order valence-corrected chi connectivity index (χ1v) is 13.3. The van der Waals surface area contributed by atoms with E-state index in [2.05, 4.69) is 0 Å². The van der Waals surface area contributed by atoms with E-state index in [1.165, 1.54) is 28.4 Å². The zero-order chi connectivity index (χ0) is 31.2. The Balaban J connectivity index is 2.50. The second kappa shape index (κ2) is 11.3. The number of carbonyl (C=O) groups excluding carboxylic acids is 4. The summed E-state index contributed by atoms with van der Waals surface area (Å²) in [5.41, 5.74) is 7.27. The number of rotatable bonds is 5. The van der Waals surface area contributed by atoms with Crippen LogP contribution in [0.2, 0.25) is 0 Å². The van der Waals surface area contributed by atoms with Gasteiger partial charge >= 0.3 is 23.9 Å². The highest BCUT2D eigenvalue weighted by molar-refractivity contribution is 6.25. The monoisotopic (exact) mass is 570 g/mol. The van der Waals surface area contributed by atoms with Gasteiger partial charge in [0.05, 0.1) is 50.7 Å². The summed E-state index contributed by atoms with van der Waals surface area (Å²) in [6.07, 6.45) is 0. The lowest BCUT2D eigenvalue weighted by atomic mass is 9.90. The fourth-order valence-corrected chi connectivity index (χ4v) is 6.29. The molecule has 0 aromatic rings. The number of aryl methyl sites for hydroxylation is 6. The van der Waals surface area contributed by atoms with Crippen molar-refractivity contribution >= 4 is 23.9 Å². The van der Waals surface area contributed by atoms with E-state index in [0.29, 0.717) is 33.4 Å². The molecule has 0 amide bonds. The molecule has 42 heavy (non-hydrogen) atoms. The highest BCUT2D eigenvalue weighted by Gasteiger charge is 2.42. The molecule has 0 atom stereocenters. The van der Waals surface area contributed by atoms with Crippen LogP contribution in [-0.2, 0) is 18.9 Å². The molecule has 0 spiro atoms. The van der Waals surface area contributed by atoms with Crippen molar-refractivity contribution in [3.8, 4) is 33.4 Å². The third-order valence-electron chi connectivity index (χ3n) is 7.66. The Kier molecular flexibility index (Phi) is 8.12. The Morgan fingerprint density at radius 1 is 0.381 bits per heavy atom. The SMILES string of the molecule is COC(=O)c1c(C(=O)OC)c(-c2c(C(=O)OC)c(C(=O)OC)c3c(C)cc(C)cc(C)c2-3)c2c(C)cc(C)cc(C)c1-2. The molecule has 0 heterocycles. The molecule has 0 fully saturated rings. The van der Waals surface area contributed by atoms with Crippen LogP contribution in [0.15, 0.2) is 24.3 Å². The number of ether oxygens (including phenoxy) is 4. The normalized spacial score (nSPS) is 11.0. The predicted octanol–water partition coefficient (Wildman–Crippen LogP) is 6.56. The maximum absolute atomic E-state index is 13.7. The summed E-state index contributed by atoms with van der Waals surface area (Å²) < 4.78 is 20.9. The van der Waals surface area contributed by atoms with E-state index in [1.807, 2.05) is 65.8 Å². The number of carbonyl (C=O) groups is 4. The van der Waals surface area contributed by atoms with E-state index >= 15 is 0 Å². The summed E-state index contributed by atoms with van der Waals surface area (Å²) in [6.45, 7) is 11.3. The molecule has 218 valence electrons.